The van der Waals surface area contributed by atoms with Crippen molar-refractivity contribution in [2.24, 2.45) is 0 Å². The third kappa shape index (κ3) is 6.48. The number of aliphatic hydroxyl groups is 1. The quantitative estimate of drug-likeness (QED) is 0.569. The van der Waals surface area contributed by atoms with Gasteiger partial charge in [0.1, 0.15) is 12.4 Å². The minimum Gasteiger partial charge on any atom is -0.490 e. The lowest BCUT2D eigenvalue weighted by Gasteiger charge is -2.15. The van der Waals surface area contributed by atoms with Crippen molar-refractivity contribution in [2.45, 2.75) is 32.9 Å². The average molecular weight is 382 g/mol. The van der Waals surface area contributed by atoms with Crippen molar-refractivity contribution in [1.82, 2.24) is 5.32 Å². The largest absolute Gasteiger partial charge is 0.490 e. The number of hydrogen-bond acceptors (Lipinski definition) is 4. The molecule has 142 valence electrons. The number of benzene rings is 2. The van der Waals surface area contributed by atoms with Crippen LogP contribution in [0.2, 0.25) is 5.02 Å². The zero-order valence-electron chi connectivity index (χ0n) is 14.9. The Morgan fingerprint density at radius 2 is 1.81 bits per heavy atom. The fourth-order valence-electron chi connectivity index (χ4n) is 2.42. The summed E-state index contributed by atoms with van der Waals surface area (Å²) in [4.78, 5) is 0. The van der Waals surface area contributed by atoms with Crippen LogP contribution in [0.1, 0.15) is 30.9 Å². The van der Waals surface area contributed by atoms with Crippen LogP contribution in [0.3, 0.4) is 0 Å². The molecule has 0 unspecified atom stereocenters. The molecule has 6 heteroatoms. The molecule has 0 aliphatic carbocycles. The Morgan fingerprint density at radius 1 is 1.08 bits per heavy atom. The van der Waals surface area contributed by atoms with E-state index < -0.39 is 0 Å². The van der Waals surface area contributed by atoms with Crippen molar-refractivity contribution in [3.63, 3.8) is 0 Å². The van der Waals surface area contributed by atoms with E-state index in [4.69, 9.17) is 26.2 Å². The van der Waals surface area contributed by atoms with E-state index in [0.717, 1.165) is 30.5 Å². The molecular formula is C20H25ClFNO3. The number of nitrogens with one attached hydrogen (secondary N) is 1. The summed E-state index contributed by atoms with van der Waals surface area (Å²) in [5, 5.41) is 12.7. The second-order valence-corrected chi connectivity index (χ2v) is 6.25. The second kappa shape index (κ2) is 11.0. The van der Waals surface area contributed by atoms with Gasteiger partial charge in [0.15, 0.2) is 11.5 Å². The zero-order chi connectivity index (χ0) is 18.8. The highest BCUT2D eigenvalue weighted by atomic mass is 35.5. The molecule has 4 nitrogen and oxygen atoms in total. The number of unbranched alkanes of at least 4 members (excludes halogenated alkanes) is 1. The van der Waals surface area contributed by atoms with Crippen molar-refractivity contribution >= 4 is 11.6 Å². The van der Waals surface area contributed by atoms with Crippen LogP contribution in [0.4, 0.5) is 4.39 Å². The highest BCUT2D eigenvalue weighted by Crippen LogP contribution is 2.34. The molecule has 0 spiro atoms. The van der Waals surface area contributed by atoms with Gasteiger partial charge in [0.25, 0.3) is 0 Å². The van der Waals surface area contributed by atoms with E-state index in [0.29, 0.717) is 36.3 Å². The summed E-state index contributed by atoms with van der Waals surface area (Å²) < 4.78 is 24.5. The molecule has 0 heterocycles. The third-order valence-corrected chi connectivity index (χ3v) is 4.15. The Kier molecular flexibility index (Phi) is 8.68. The van der Waals surface area contributed by atoms with Crippen LogP contribution in [-0.2, 0) is 13.2 Å². The van der Waals surface area contributed by atoms with E-state index in [9.17, 15) is 4.39 Å². The molecule has 0 saturated carbocycles. The first kappa shape index (κ1) is 20.5. The summed E-state index contributed by atoms with van der Waals surface area (Å²) in [6.45, 7) is 4.35. The first-order valence-electron chi connectivity index (χ1n) is 8.78. The molecule has 0 saturated heterocycles. The van der Waals surface area contributed by atoms with E-state index >= 15 is 0 Å². The van der Waals surface area contributed by atoms with Crippen molar-refractivity contribution in [1.29, 1.82) is 0 Å². The fourth-order valence-corrected chi connectivity index (χ4v) is 2.64. The molecule has 2 aromatic carbocycles. The number of rotatable bonds is 11. The third-order valence-electron chi connectivity index (χ3n) is 3.80. The van der Waals surface area contributed by atoms with E-state index in [1.807, 2.05) is 13.0 Å². The summed E-state index contributed by atoms with van der Waals surface area (Å²) in [6.07, 6.45) is 1.69. The molecule has 2 aromatic rings. The van der Waals surface area contributed by atoms with Gasteiger partial charge in [-0.1, -0.05) is 23.7 Å². The Bertz CT molecular complexity index is 680. The summed E-state index contributed by atoms with van der Waals surface area (Å²) in [6, 6.07) is 9.80. The molecule has 2 rings (SSSR count). The number of halogens is 2. The molecular weight excluding hydrogens is 357 g/mol. The minimum atomic E-state index is -0.275. The number of aliphatic hydroxyl groups excluding tert-OH is 1. The van der Waals surface area contributed by atoms with Gasteiger partial charge in [-0.05, 0) is 55.6 Å². The van der Waals surface area contributed by atoms with Crippen molar-refractivity contribution in [3.05, 3.63) is 58.4 Å². The molecule has 0 amide bonds. The average Bonchev–Trinajstić information content (AvgIpc) is 2.64. The summed E-state index contributed by atoms with van der Waals surface area (Å²) in [7, 11) is 0. The maximum absolute atomic E-state index is 13.0. The number of hydrogen-bond donors (Lipinski definition) is 2. The standard InChI is InChI=1S/C20H25ClFNO3/c1-2-25-19-11-16(13-23-9-3-4-10-24)18(21)12-20(19)26-14-15-5-7-17(22)8-6-15/h5-8,11-12,23-24H,2-4,9-10,13-14H2,1H3. The van der Waals surface area contributed by atoms with Gasteiger partial charge in [0.2, 0.25) is 0 Å². The molecule has 0 atom stereocenters. The van der Waals surface area contributed by atoms with Gasteiger partial charge in [-0.2, -0.15) is 0 Å². The normalized spacial score (nSPS) is 10.8. The van der Waals surface area contributed by atoms with Crippen molar-refractivity contribution < 1.29 is 19.0 Å². The van der Waals surface area contributed by atoms with Crippen molar-refractivity contribution in [3.8, 4) is 11.5 Å². The molecule has 0 fully saturated rings. The summed E-state index contributed by atoms with van der Waals surface area (Å²) >= 11 is 6.38. The summed E-state index contributed by atoms with van der Waals surface area (Å²) in [5.41, 5.74) is 1.79. The SMILES string of the molecule is CCOc1cc(CNCCCCO)c(Cl)cc1OCc1ccc(F)cc1. The van der Waals surface area contributed by atoms with Gasteiger partial charge in [0.05, 0.1) is 6.61 Å². The maximum atomic E-state index is 13.0. The molecule has 0 aliphatic rings. The predicted octanol–water partition coefficient (Wildman–Crippen LogP) is 4.32. The van der Waals surface area contributed by atoms with E-state index in [1.165, 1.54) is 12.1 Å². The van der Waals surface area contributed by atoms with E-state index in [-0.39, 0.29) is 12.4 Å². The van der Waals surface area contributed by atoms with Gasteiger partial charge in [-0.3, -0.25) is 0 Å². The Morgan fingerprint density at radius 3 is 2.50 bits per heavy atom. The predicted molar refractivity (Wildman–Crippen MR) is 101 cm³/mol. The molecule has 0 aromatic heterocycles. The summed E-state index contributed by atoms with van der Waals surface area (Å²) in [5.74, 6) is 0.916. The molecule has 0 radical (unpaired) electrons. The number of ether oxygens (including phenoxy) is 2. The van der Waals surface area contributed by atoms with E-state index in [2.05, 4.69) is 5.32 Å². The Hall–Kier alpha value is -1.82. The van der Waals surface area contributed by atoms with Crippen LogP contribution in [0, 0.1) is 5.82 Å². The van der Waals surface area contributed by atoms with Gasteiger partial charge in [-0.25, -0.2) is 4.39 Å². The Balaban J connectivity index is 2.03. The van der Waals surface area contributed by atoms with Gasteiger partial charge < -0.3 is 19.9 Å². The van der Waals surface area contributed by atoms with Crippen LogP contribution in [-0.4, -0.2) is 24.9 Å². The first-order valence-corrected chi connectivity index (χ1v) is 9.16. The minimum absolute atomic E-state index is 0.205. The lowest BCUT2D eigenvalue weighted by Crippen LogP contribution is -2.15. The lowest BCUT2D eigenvalue weighted by atomic mass is 10.2. The van der Waals surface area contributed by atoms with Crippen LogP contribution in [0.5, 0.6) is 11.5 Å². The lowest BCUT2D eigenvalue weighted by molar-refractivity contribution is 0.269. The molecule has 26 heavy (non-hydrogen) atoms. The van der Waals surface area contributed by atoms with E-state index in [1.54, 1.807) is 18.2 Å². The monoisotopic (exact) mass is 381 g/mol. The van der Waals surface area contributed by atoms with Crippen LogP contribution >= 0.6 is 11.6 Å². The van der Waals surface area contributed by atoms with Gasteiger partial charge in [-0.15, -0.1) is 0 Å². The Labute approximate surface area is 158 Å². The highest BCUT2D eigenvalue weighted by molar-refractivity contribution is 6.31. The van der Waals surface area contributed by atoms with Gasteiger partial charge >= 0.3 is 0 Å². The smallest absolute Gasteiger partial charge is 0.163 e. The van der Waals surface area contributed by atoms with Gasteiger partial charge in [0, 0.05) is 24.2 Å². The topological polar surface area (TPSA) is 50.7 Å². The molecule has 0 bridgehead atoms. The molecule has 0 aliphatic heterocycles. The molecule has 2 N–H and O–H groups in total. The van der Waals surface area contributed by atoms with Crippen LogP contribution in [0.25, 0.3) is 0 Å². The van der Waals surface area contributed by atoms with Crippen LogP contribution in [0.15, 0.2) is 36.4 Å². The fraction of sp³-hybridized carbons (Fsp3) is 0.400. The second-order valence-electron chi connectivity index (χ2n) is 5.85. The zero-order valence-corrected chi connectivity index (χ0v) is 15.7. The maximum Gasteiger partial charge on any atom is 0.163 e. The van der Waals surface area contributed by atoms with Crippen molar-refractivity contribution in [2.75, 3.05) is 19.8 Å². The van der Waals surface area contributed by atoms with Crippen LogP contribution < -0.4 is 14.8 Å². The highest BCUT2D eigenvalue weighted by Gasteiger charge is 2.11. The first-order chi connectivity index (χ1) is 12.6.